The van der Waals surface area contributed by atoms with Crippen LogP contribution in [0.25, 0.3) is 0 Å². The first kappa shape index (κ1) is 18.0. The van der Waals surface area contributed by atoms with Crippen LogP contribution in [0.4, 0.5) is 5.69 Å². The Labute approximate surface area is 159 Å². The predicted molar refractivity (Wildman–Crippen MR) is 101 cm³/mol. The van der Waals surface area contributed by atoms with Crippen molar-refractivity contribution >= 4 is 27.5 Å². The molecule has 0 aliphatic carbocycles. The van der Waals surface area contributed by atoms with Gasteiger partial charge in [0.1, 0.15) is 28.7 Å². The van der Waals surface area contributed by atoms with Crippen molar-refractivity contribution in [2.75, 3.05) is 12.4 Å². The number of nitrogens with one attached hydrogen (secondary N) is 1. The van der Waals surface area contributed by atoms with E-state index in [4.69, 9.17) is 13.9 Å². The number of halogens is 1. The minimum atomic E-state index is -0.307. The second-order valence-corrected chi connectivity index (χ2v) is 6.28. The van der Waals surface area contributed by atoms with Gasteiger partial charge in [0.15, 0.2) is 0 Å². The summed E-state index contributed by atoms with van der Waals surface area (Å²) in [5.74, 6) is 2.47. The summed E-state index contributed by atoms with van der Waals surface area (Å²) in [6.07, 6.45) is 1.59. The van der Waals surface area contributed by atoms with Gasteiger partial charge in [0.05, 0.1) is 17.1 Å². The standard InChI is InChI=1S/C19H17BrN2O4/c1-11-16(17(20)12(2)25-11)18(23)22-15-5-4-10-21-19(15)26-14-8-6-13(24-3)7-9-14/h4-10H,1-3H3,(H,22,23). The van der Waals surface area contributed by atoms with Crippen molar-refractivity contribution in [3.05, 3.63) is 64.2 Å². The Morgan fingerprint density at radius 1 is 1.12 bits per heavy atom. The third kappa shape index (κ3) is 3.72. The molecule has 0 radical (unpaired) electrons. The lowest BCUT2D eigenvalue weighted by atomic mass is 10.2. The zero-order valence-corrected chi connectivity index (χ0v) is 16.1. The van der Waals surface area contributed by atoms with E-state index in [0.29, 0.717) is 38.9 Å². The number of furan rings is 1. The number of hydrogen-bond donors (Lipinski definition) is 1. The van der Waals surface area contributed by atoms with Gasteiger partial charge in [-0.25, -0.2) is 4.98 Å². The molecule has 7 heteroatoms. The summed E-state index contributed by atoms with van der Waals surface area (Å²) < 4.78 is 17.0. The van der Waals surface area contributed by atoms with Crippen molar-refractivity contribution in [3.8, 4) is 17.4 Å². The van der Waals surface area contributed by atoms with Gasteiger partial charge in [-0.05, 0) is 66.2 Å². The van der Waals surface area contributed by atoms with Gasteiger partial charge in [0.2, 0.25) is 5.88 Å². The van der Waals surface area contributed by atoms with Crippen molar-refractivity contribution < 1.29 is 18.7 Å². The van der Waals surface area contributed by atoms with Crippen molar-refractivity contribution in [2.24, 2.45) is 0 Å². The van der Waals surface area contributed by atoms with E-state index in [-0.39, 0.29) is 5.91 Å². The topological polar surface area (TPSA) is 73.6 Å². The number of carbonyl (C=O) groups is 1. The van der Waals surface area contributed by atoms with Crippen LogP contribution in [-0.2, 0) is 0 Å². The largest absolute Gasteiger partial charge is 0.497 e. The first-order valence-corrected chi connectivity index (χ1v) is 8.62. The maximum atomic E-state index is 12.7. The van der Waals surface area contributed by atoms with E-state index in [1.165, 1.54) is 0 Å². The van der Waals surface area contributed by atoms with Crippen LogP contribution in [0, 0.1) is 13.8 Å². The summed E-state index contributed by atoms with van der Waals surface area (Å²) in [6, 6.07) is 10.5. The fourth-order valence-corrected chi connectivity index (χ4v) is 2.96. The van der Waals surface area contributed by atoms with E-state index in [2.05, 4.69) is 26.2 Å². The molecule has 0 spiro atoms. The number of methoxy groups -OCH3 is 1. The summed E-state index contributed by atoms with van der Waals surface area (Å²) in [5, 5.41) is 2.82. The van der Waals surface area contributed by atoms with Gasteiger partial charge in [-0.15, -0.1) is 0 Å². The predicted octanol–water partition coefficient (Wildman–Crippen LogP) is 5.11. The number of benzene rings is 1. The Hall–Kier alpha value is -2.80. The van der Waals surface area contributed by atoms with Gasteiger partial charge in [-0.2, -0.15) is 0 Å². The average Bonchev–Trinajstić information content (AvgIpc) is 2.89. The molecular weight excluding hydrogens is 400 g/mol. The number of aromatic nitrogens is 1. The maximum absolute atomic E-state index is 12.7. The van der Waals surface area contributed by atoms with Crippen LogP contribution in [0.15, 0.2) is 51.5 Å². The summed E-state index contributed by atoms with van der Waals surface area (Å²) in [5.41, 5.74) is 0.903. The molecule has 0 atom stereocenters. The molecule has 0 bridgehead atoms. The molecule has 0 unspecified atom stereocenters. The van der Waals surface area contributed by atoms with Gasteiger partial charge >= 0.3 is 0 Å². The fourth-order valence-electron chi connectivity index (χ4n) is 2.42. The summed E-state index contributed by atoms with van der Waals surface area (Å²) in [7, 11) is 1.60. The molecule has 1 amide bonds. The van der Waals surface area contributed by atoms with Crippen molar-refractivity contribution in [1.29, 1.82) is 0 Å². The average molecular weight is 417 g/mol. The maximum Gasteiger partial charge on any atom is 0.260 e. The van der Waals surface area contributed by atoms with Gasteiger partial charge in [-0.3, -0.25) is 4.79 Å². The highest BCUT2D eigenvalue weighted by Crippen LogP contribution is 2.31. The Balaban J connectivity index is 1.83. The van der Waals surface area contributed by atoms with Crippen LogP contribution >= 0.6 is 15.9 Å². The highest BCUT2D eigenvalue weighted by molar-refractivity contribution is 9.10. The summed E-state index contributed by atoms with van der Waals surface area (Å²) in [4.78, 5) is 16.9. The third-order valence-electron chi connectivity index (χ3n) is 3.71. The SMILES string of the molecule is COc1ccc(Oc2ncccc2NC(=O)c2c(C)oc(C)c2Br)cc1. The molecule has 1 aromatic carbocycles. The lowest BCUT2D eigenvalue weighted by Gasteiger charge is -2.11. The van der Waals surface area contributed by atoms with E-state index < -0.39 is 0 Å². The molecule has 1 N–H and O–H groups in total. The van der Waals surface area contributed by atoms with Crippen LogP contribution in [0.2, 0.25) is 0 Å². The Morgan fingerprint density at radius 2 is 1.81 bits per heavy atom. The molecule has 2 heterocycles. The molecule has 2 aromatic heterocycles. The summed E-state index contributed by atoms with van der Waals surface area (Å²) in [6.45, 7) is 3.53. The number of nitrogens with zero attached hydrogens (tertiary/aromatic N) is 1. The number of aryl methyl sites for hydroxylation is 2. The molecule has 0 saturated carbocycles. The lowest BCUT2D eigenvalue weighted by Crippen LogP contribution is -2.13. The Bertz CT molecular complexity index is 935. The molecule has 0 saturated heterocycles. The zero-order chi connectivity index (χ0) is 18.7. The third-order valence-corrected chi connectivity index (χ3v) is 4.66. The van der Waals surface area contributed by atoms with Gasteiger partial charge < -0.3 is 19.2 Å². The number of ether oxygens (including phenoxy) is 2. The van der Waals surface area contributed by atoms with E-state index in [1.807, 2.05) is 0 Å². The van der Waals surface area contributed by atoms with E-state index in [1.54, 1.807) is 63.6 Å². The number of carbonyl (C=O) groups excluding carboxylic acids is 1. The molecule has 0 aliphatic heterocycles. The first-order chi connectivity index (χ1) is 12.5. The number of rotatable bonds is 5. The normalized spacial score (nSPS) is 10.5. The van der Waals surface area contributed by atoms with Crippen LogP contribution in [0.3, 0.4) is 0 Å². The van der Waals surface area contributed by atoms with E-state index in [9.17, 15) is 4.79 Å². The van der Waals surface area contributed by atoms with E-state index >= 15 is 0 Å². The number of anilines is 1. The smallest absolute Gasteiger partial charge is 0.260 e. The van der Waals surface area contributed by atoms with Crippen LogP contribution < -0.4 is 14.8 Å². The van der Waals surface area contributed by atoms with Gasteiger partial charge in [0.25, 0.3) is 5.91 Å². The molecule has 3 aromatic rings. The quantitative estimate of drug-likeness (QED) is 0.625. The van der Waals surface area contributed by atoms with Crippen molar-refractivity contribution in [3.63, 3.8) is 0 Å². The molecule has 6 nitrogen and oxygen atoms in total. The minimum absolute atomic E-state index is 0.292. The van der Waals surface area contributed by atoms with Gasteiger partial charge in [0, 0.05) is 6.20 Å². The van der Waals surface area contributed by atoms with Crippen molar-refractivity contribution in [1.82, 2.24) is 4.98 Å². The van der Waals surface area contributed by atoms with Crippen LogP contribution in [0.5, 0.6) is 17.4 Å². The second kappa shape index (κ2) is 7.61. The highest BCUT2D eigenvalue weighted by atomic mass is 79.9. The molecular formula is C19H17BrN2O4. The fraction of sp³-hybridized carbons (Fsp3) is 0.158. The summed E-state index contributed by atoms with van der Waals surface area (Å²) >= 11 is 3.39. The molecule has 0 aliphatic rings. The molecule has 134 valence electrons. The second-order valence-electron chi connectivity index (χ2n) is 5.49. The zero-order valence-electron chi connectivity index (χ0n) is 14.5. The van der Waals surface area contributed by atoms with Crippen LogP contribution in [-0.4, -0.2) is 18.0 Å². The Kier molecular flexibility index (Phi) is 5.27. The van der Waals surface area contributed by atoms with E-state index in [0.717, 1.165) is 5.75 Å². The van der Waals surface area contributed by atoms with Crippen molar-refractivity contribution in [2.45, 2.75) is 13.8 Å². The Morgan fingerprint density at radius 3 is 2.42 bits per heavy atom. The van der Waals surface area contributed by atoms with Gasteiger partial charge in [-0.1, -0.05) is 0 Å². The lowest BCUT2D eigenvalue weighted by molar-refractivity contribution is 0.102. The first-order valence-electron chi connectivity index (χ1n) is 7.83. The highest BCUT2D eigenvalue weighted by Gasteiger charge is 2.21. The minimum Gasteiger partial charge on any atom is -0.497 e. The van der Waals surface area contributed by atoms with Crippen LogP contribution in [0.1, 0.15) is 21.9 Å². The molecule has 0 fully saturated rings. The monoisotopic (exact) mass is 416 g/mol. The number of pyridine rings is 1. The number of hydrogen-bond acceptors (Lipinski definition) is 5. The number of amides is 1. The molecule has 3 rings (SSSR count). The molecule has 26 heavy (non-hydrogen) atoms.